The van der Waals surface area contributed by atoms with Gasteiger partial charge in [0.05, 0.1) is 6.54 Å². The molecule has 0 aliphatic heterocycles. The molecule has 0 saturated heterocycles. The van der Waals surface area contributed by atoms with Gasteiger partial charge >= 0.3 is 0 Å². The van der Waals surface area contributed by atoms with Crippen LogP contribution in [0, 0.1) is 5.92 Å². The molecule has 0 unspecified atom stereocenters. The van der Waals surface area contributed by atoms with Gasteiger partial charge in [0.25, 0.3) is 0 Å². The van der Waals surface area contributed by atoms with Crippen LogP contribution in [0.3, 0.4) is 0 Å². The van der Waals surface area contributed by atoms with E-state index >= 15 is 0 Å². The number of carbonyl (C=O) groups is 3. The summed E-state index contributed by atoms with van der Waals surface area (Å²) in [5.41, 5.74) is 0. The summed E-state index contributed by atoms with van der Waals surface area (Å²) in [5.74, 6) is 0.0732. The van der Waals surface area contributed by atoms with Crippen molar-refractivity contribution < 1.29 is 14.4 Å². The van der Waals surface area contributed by atoms with Crippen molar-refractivity contribution in [3.05, 3.63) is 0 Å². The highest BCUT2D eigenvalue weighted by molar-refractivity contribution is 5.78. The zero-order valence-electron chi connectivity index (χ0n) is 18.6. The first-order chi connectivity index (χ1) is 13.1. The average molecular weight is 400 g/mol. The van der Waals surface area contributed by atoms with Gasteiger partial charge in [0.1, 0.15) is 0 Å². The molecule has 0 aromatic rings. The Morgan fingerprint density at radius 1 is 0.857 bits per heavy atom. The maximum atomic E-state index is 12.2. The summed E-state index contributed by atoms with van der Waals surface area (Å²) in [4.78, 5) is 39.0. The number of nitrogens with zero attached hydrogens (tertiary/aromatic N) is 2. The van der Waals surface area contributed by atoms with Crippen LogP contribution in [0.1, 0.15) is 47.5 Å². The van der Waals surface area contributed by atoms with Crippen LogP contribution in [-0.2, 0) is 14.4 Å². The fourth-order valence-corrected chi connectivity index (χ4v) is 2.74. The van der Waals surface area contributed by atoms with E-state index in [9.17, 15) is 14.4 Å². The van der Waals surface area contributed by atoms with Crippen molar-refractivity contribution in [2.45, 2.75) is 53.5 Å². The number of nitrogens with one attached hydrogen (secondary N) is 3. The number of hydrogen-bond donors (Lipinski definition) is 3. The van der Waals surface area contributed by atoms with Gasteiger partial charge in [0.2, 0.25) is 17.7 Å². The lowest BCUT2D eigenvalue weighted by molar-refractivity contribution is -0.133. The van der Waals surface area contributed by atoms with Gasteiger partial charge < -0.3 is 20.9 Å². The Labute approximate surface area is 170 Å². The highest BCUT2D eigenvalue weighted by Gasteiger charge is 2.14. The highest BCUT2D eigenvalue weighted by atomic mass is 16.2. The average Bonchev–Trinajstić information content (AvgIpc) is 2.60. The summed E-state index contributed by atoms with van der Waals surface area (Å²) in [6.45, 7) is 13.8. The smallest absolute Gasteiger partial charge is 0.234 e. The topological polar surface area (TPSA) is 93.8 Å². The molecule has 28 heavy (non-hydrogen) atoms. The molecule has 0 heterocycles. The van der Waals surface area contributed by atoms with Crippen molar-refractivity contribution in [1.82, 2.24) is 25.8 Å². The fourth-order valence-electron chi connectivity index (χ4n) is 2.74. The summed E-state index contributed by atoms with van der Waals surface area (Å²) in [7, 11) is 1.82. The Morgan fingerprint density at radius 3 is 2.07 bits per heavy atom. The van der Waals surface area contributed by atoms with Crippen molar-refractivity contribution in [3.63, 3.8) is 0 Å². The molecule has 8 nitrogen and oxygen atoms in total. The van der Waals surface area contributed by atoms with Gasteiger partial charge in [-0.1, -0.05) is 27.7 Å². The van der Waals surface area contributed by atoms with Gasteiger partial charge in [-0.3, -0.25) is 19.3 Å². The molecule has 8 heteroatoms. The van der Waals surface area contributed by atoms with Gasteiger partial charge in [0.15, 0.2) is 0 Å². The first-order valence-corrected chi connectivity index (χ1v) is 10.3. The Bertz CT molecular complexity index is 469. The molecule has 0 fully saturated rings. The van der Waals surface area contributed by atoms with Gasteiger partial charge in [-0.2, -0.15) is 0 Å². The van der Waals surface area contributed by atoms with Crippen molar-refractivity contribution in [1.29, 1.82) is 0 Å². The molecule has 0 aromatic heterocycles. The zero-order valence-corrected chi connectivity index (χ0v) is 18.6. The quantitative estimate of drug-likeness (QED) is 0.347. The minimum absolute atomic E-state index is 0.00306. The van der Waals surface area contributed by atoms with Crippen LogP contribution < -0.4 is 16.0 Å². The van der Waals surface area contributed by atoms with Crippen LogP contribution in [0.25, 0.3) is 0 Å². The Kier molecular flexibility index (Phi) is 14.4. The standard InChI is InChI=1S/C20H41N5O3/c1-16(2)20(28)24(6)12-8-14-25(13-7-9-22-18(5)26)15-19(27)23-11-10-21-17(3)4/h16-17,21H,7-15H2,1-6H3,(H,22,26)(H,23,27). The molecule has 164 valence electrons. The third-order valence-electron chi connectivity index (χ3n) is 4.23. The van der Waals surface area contributed by atoms with E-state index in [2.05, 4.69) is 34.7 Å². The monoisotopic (exact) mass is 399 g/mol. The second-order valence-corrected chi connectivity index (χ2v) is 7.84. The summed E-state index contributed by atoms with van der Waals surface area (Å²) >= 11 is 0. The molecule has 0 aliphatic rings. The van der Waals surface area contributed by atoms with Crippen LogP contribution in [0.4, 0.5) is 0 Å². The zero-order chi connectivity index (χ0) is 21.5. The summed E-state index contributed by atoms with van der Waals surface area (Å²) in [6, 6.07) is 0.396. The largest absolute Gasteiger partial charge is 0.356 e. The van der Waals surface area contributed by atoms with E-state index in [1.54, 1.807) is 4.90 Å². The van der Waals surface area contributed by atoms with E-state index in [0.717, 1.165) is 32.5 Å². The Balaban J connectivity index is 4.37. The van der Waals surface area contributed by atoms with E-state index in [1.165, 1.54) is 6.92 Å². The van der Waals surface area contributed by atoms with Crippen LogP contribution in [0.15, 0.2) is 0 Å². The molecule has 0 aliphatic carbocycles. The molecular formula is C20H41N5O3. The first kappa shape index (κ1) is 26.3. The van der Waals surface area contributed by atoms with Crippen molar-refractivity contribution >= 4 is 17.7 Å². The van der Waals surface area contributed by atoms with Crippen LogP contribution in [0.2, 0.25) is 0 Å². The van der Waals surface area contributed by atoms with Gasteiger partial charge in [-0.05, 0) is 12.8 Å². The molecule has 0 atom stereocenters. The second-order valence-electron chi connectivity index (χ2n) is 7.84. The fraction of sp³-hybridized carbons (Fsp3) is 0.850. The SMILES string of the molecule is CC(=O)NCCCN(CCCN(C)C(=O)C(C)C)CC(=O)NCCNC(C)C. The van der Waals surface area contributed by atoms with E-state index in [4.69, 9.17) is 0 Å². The molecule has 0 saturated carbocycles. The molecule has 3 N–H and O–H groups in total. The summed E-state index contributed by atoms with van der Waals surface area (Å²) in [5, 5.41) is 8.98. The van der Waals surface area contributed by atoms with Gasteiger partial charge in [0, 0.05) is 65.2 Å². The lowest BCUT2D eigenvalue weighted by Gasteiger charge is -2.24. The predicted molar refractivity (Wildman–Crippen MR) is 113 cm³/mol. The van der Waals surface area contributed by atoms with E-state index < -0.39 is 0 Å². The predicted octanol–water partition coefficient (Wildman–Crippen LogP) is 0.433. The van der Waals surface area contributed by atoms with Crippen LogP contribution >= 0.6 is 0 Å². The second kappa shape index (κ2) is 15.3. The van der Waals surface area contributed by atoms with Crippen molar-refractivity contribution in [2.24, 2.45) is 5.92 Å². The molecule has 0 aromatic carbocycles. The van der Waals surface area contributed by atoms with E-state index in [-0.39, 0.29) is 23.6 Å². The molecule has 3 amide bonds. The summed E-state index contributed by atoms with van der Waals surface area (Å²) in [6.07, 6.45) is 1.58. The number of hydrogen-bond acceptors (Lipinski definition) is 5. The van der Waals surface area contributed by atoms with Crippen molar-refractivity contribution in [2.75, 3.05) is 52.9 Å². The maximum absolute atomic E-state index is 12.2. The minimum atomic E-state index is -0.0456. The van der Waals surface area contributed by atoms with E-state index in [0.29, 0.717) is 32.2 Å². The first-order valence-electron chi connectivity index (χ1n) is 10.3. The lowest BCUT2D eigenvalue weighted by atomic mass is 10.2. The third-order valence-corrected chi connectivity index (χ3v) is 4.23. The Hall–Kier alpha value is -1.67. The number of carbonyl (C=O) groups excluding carboxylic acids is 3. The van der Waals surface area contributed by atoms with E-state index in [1.807, 2.05) is 20.9 Å². The molecule has 0 rings (SSSR count). The lowest BCUT2D eigenvalue weighted by Crippen LogP contribution is -2.42. The molecule has 0 spiro atoms. The summed E-state index contributed by atoms with van der Waals surface area (Å²) < 4.78 is 0. The highest BCUT2D eigenvalue weighted by Crippen LogP contribution is 2.01. The van der Waals surface area contributed by atoms with Gasteiger partial charge in [-0.15, -0.1) is 0 Å². The van der Waals surface area contributed by atoms with Crippen LogP contribution in [0.5, 0.6) is 0 Å². The van der Waals surface area contributed by atoms with Gasteiger partial charge in [-0.25, -0.2) is 0 Å². The molecular weight excluding hydrogens is 358 g/mol. The molecule has 0 radical (unpaired) electrons. The minimum Gasteiger partial charge on any atom is -0.356 e. The van der Waals surface area contributed by atoms with Crippen molar-refractivity contribution in [3.8, 4) is 0 Å². The molecule has 0 bridgehead atoms. The van der Waals surface area contributed by atoms with Crippen LogP contribution in [-0.4, -0.2) is 86.4 Å². The normalized spacial score (nSPS) is 11.2. The number of rotatable bonds is 15. The third kappa shape index (κ3) is 14.4. The number of amides is 3. The Morgan fingerprint density at radius 2 is 1.50 bits per heavy atom. The maximum Gasteiger partial charge on any atom is 0.234 e.